The second kappa shape index (κ2) is 9.00. The standard InChI is InChI=1S/C24H22ClF3N2O2/c25-17-10-11-18(20(13-17)24(26,27)28)15-6-8-16(9-7-15)21-19(22(31)30-23(32)29-21)12-14-4-2-1-3-5-14/h1-6,10-11,13,16,23,29,32H,7-9,12H2,(H,30,31). The molecular formula is C24H22ClF3N2O2. The summed E-state index contributed by atoms with van der Waals surface area (Å²) in [6, 6.07) is 13.3. The van der Waals surface area contributed by atoms with E-state index in [2.05, 4.69) is 10.6 Å². The van der Waals surface area contributed by atoms with Gasteiger partial charge in [-0.25, -0.2) is 0 Å². The zero-order chi connectivity index (χ0) is 22.9. The first-order valence-electron chi connectivity index (χ1n) is 10.3. The number of aliphatic hydroxyl groups excluding tert-OH is 1. The molecule has 0 saturated heterocycles. The van der Waals surface area contributed by atoms with Crippen LogP contribution in [0.5, 0.6) is 0 Å². The number of carbonyl (C=O) groups excluding carboxylic acids is 1. The molecule has 0 fully saturated rings. The molecule has 0 bridgehead atoms. The zero-order valence-corrected chi connectivity index (χ0v) is 17.8. The first-order chi connectivity index (χ1) is 15.2. The molecule has 3 N–H and O–H groups in total. The minimum atomic E-state index is -4.50. The Morgan fingerprint density at radius 2 is 1.84 bits per heavy atom. The molecule has 2 aliphatic rings. The summed E-state index contributed by atoms with van der Waals surface area (Å²) in [6.07, 6.45) is -2.10. The fourth-order valence-electron chi connectivity index (χ4n) is 4.32. The van der Waals surface area contributed by atoms with Gasteiger partial charge in [0.25, 0.3) is 5.91 Å². The van der Waals surface area contributed by atoms with Gasteiger partial charge in [-0.15, -0.1) is 0 Å². The summed E-state index contributed by atoms with van der Waals surface area (Å²) >= 11 is 5.80. The Labute approximate surface area is 188 Å². The highest BCUT2D eigenvalue weighted by Crippen LogP contribution is 2.41. The van der Waals surface area contributed by atoms with Gasteiger partial charge < -0.3 is 15.7 Å². The molecule has 1 heterocycles. The number of amides is 1. The van der Waals surface area contributed by atoms with Crippen LogP contribution in [0.15, 0.2) is 65.9 Å². The van der Waals surface area contributed by atoms with Crippen LogP contribution >= 0.6 is 11.6 Å². The van der Waals surface area contributed by atoms with Crippen LogP contribution in [0.3, 0.4) is 0 Å². The van der Waals surface area contributed by atoms with E-state index in [1.165, 1.54) is 12.1 Å². The van der Waals surface area contributed by atoms with Gasteiger partial charge in [0.1, 0.15) is 0 Å². The fraction of sp³-hybridized carbons (Fsp3) is 0.292. The molecule has 1 aliphatic carbocycles. The summed E-state index contributed by atoms with van der Waals surface area (Å²) in [5, 5.41) is 15.5. The number of hydrogen-bond acceptors (Lipinski definition) is 3. The number of rotatable bonds is 4. The summed E-state index contributed by atoms with van der Waals surface area (Å²) < 4.78 is 40.6. The van der Waals surface area contributed by atoms with Gasteiger partial charge in [-0.3, -0.25) is 4.79 Å². The first kappa shape index (κ1) is 22.4. The molecular weight excluding hydrogens is 441 g/mol. The molecule has 2 aromatic carbocycles. The van der Waals surface area contributed by atoms with Crippen LogP contribution in [-0.2, 0) is 17.4 Å². The zero-order valence-electron chi connectivity index (χ0n) is 17.0. The van der Waals surface area contributed by atoms with Crippen LogP contribution in [0.1, 0.15) is 36.0 Å². The van der Waals surface area contributed by atoms with E-state index in [0.717, 1.165) is 11.6 Å². The molecule has 1 amide bonds. The molecule has 8 heteroatoms. The van der Waals surface area contributed by atoms with E-state index in [0.29, 0.717) is 42.5 Å². The summed E-state index contributed by atoms with van der Waals surface area (Å²) in [5.74, 6) is -0.457. The number of nitrogens with one attached hydrogen (secondary N) is 2. The molecule has 2 atom stereocenters. The van der Waals surface area contributed by atoms with E-state index in [1.807, 2.05) is 30.3 Å². The maximum atomic E-state index is 13.5. The molecule has 1 aliphatic heterocycles. The lowest BCUT2D eigenvalue weighted by Crippen LogP contribution is -2.52. The van der Waals surface area contributed by atoms with Crippen LogP contribution in [0.2, 0.25) is 5.02 Å². The number of aliphatic hydroxyl groups is 1. The van der Waals surface area contributed by atoms with E-state index in [-0.39, 0.29) is 22.4 Å². The minimum Gasteiger partial charge on any atom is -0.356 e. The van der Waals surface area contributed by atoms with Gasteiger partial charge in [0, 0.05) is 28.6 Å². The Balaban J connectivity index is 1.63. The van der Waals surface area contributed by atoms with Crippen molar-refractivity contribution in [2.24, 2.45) is 5.92 Å². The molecule has 2 unspecified atom stereocenters. The normalized spacial score (nSPS) is 21.7. The predicted molar refractivity (Wildman–Crippen MR) is 116 cm³/mol. The van der Waals surface area contributed by atoms with Crippen LogP contribution < -0.4 is 10.6 Å². The van der Waals surface area contributed by atoms with Crippen LogP contribution in [-0.4, -0.2) is 17.4 Å². The average molecular weight is 463 g/mol. The van der Waals surface area contributed by atoms with Gasteiger partial charge in [-0.05, 0) is 48.1 Å². The Hall–Kier alpha value is -2.77. The lowest BCUT2D eigenvalue weighted by molar-refractivity contribution is -0.137. The maximum Gasteiger partial charge on any atom is 0.417 e. The Morgan fingerprint density at radius 3 is 2.50 bits per heavy atom. The largest absolute Gasteiger partial charge is 0.417 e. The van der Waals surface area contributed by atoms with E-state index >= 15 is 0 Å². The van der Waals surface area contributed by atoms with Crippen LogP contribution in [0.25, 0.3) is 5.57 Å². The third-order valence-electron chi connectivity index (χ3n) is 5.84. The molecule has 0 aromatic heterocycles. The third kappa shape index (κ3) is 4.84. The van der Waals surface area contributed by atoms with Gasteiger partial charge in [0.15, 0.2) is 0 Å². The highest BCUT2D eigenvalue weighted by molar-refractivity contribution is 6.30. The van der Waals surface area contributed by atoms with Crippen LogP contribution in [0.4, 0.5) is 13.2 Å². The fourth-order valence-corrected chi connectivity index (χ4v) is 4.49. The van der Waals surface area contributed by atoms with Gasteiger partial charge in [0.05, 0.1) is 5.56 Å². The smallest absolute Gasteiger partial charge is 0.356 e. The van der Waals surface area contributed by atoms with E-state index < -0.39 is 18.1 Å². The quantitative estimate of drug-likeness (QED) is 0.597. The molecule has 0 radical (unpaired) electrons. The van der Waals surface area contributed by atoms with Crippen molar-refractivity contribution in [2.45, 2.75) is 38.2 Å². The van der Waals surface area contributed by atoms with Crippen molar-refractivity contribution in [3.63, 3.8) is 0 Å². The summed E-state index contributed by atoms with van der Waals surface area (Å²) in [7, 11) is 0. The van der Waals surface area contributed by atoms with E-state index in [1.54, 1.807) is 6.08 Å². The number of carbonyl (C=O) groups is 1. The van der Waals surface area contributed by atoms with Crippen molar-refractivity contribution in [3.8, 4) is 0 Å². The number of benzene rings is 2. The average Bonchev–Trinajstić information content (AvgIpc) is 2.76. The number of alkyl halides is 3. The van der Waals surface area contributed by atoms with Crippen molar-refractivity contribution in [3.05, 3.63) is 87.6 Å². The predicted octanol–water partition coefficient (Wildman–Crippen LogP) is 5.03. The van der Waals surface area contributed by atoms with Gasteiger partial charge in [-0.2, -0.15) is 13.2 Å². The Morgan fingerprint density at radius 1 is 1.09 bits per heavy atom. The number of hydrogen-bond donors (Lipinski definition) is 3. The monoisotopic (exact) mass is 462 g/mol. The number of allylic oxidation sites excluding steroid dienone is 3. The van der Waals surface area contributed by atoms with E-state index in [9.17, 15) is 23.1 Å². The van der Waals surface area contributed by atoms with Crippen molar-refractivity contribution in [1.29, 1.82) is 0 Å². The minimum absolute atomic E-state index is 0.0393. The Kier molecular flexibility index (Phi) is 6.31. The summed E-state index contributed by atoms with van der Waals surface area (Å²) in [4.78, 5) is 12.6. The molecule has 2 aromatic rings. The van der Waals surface area contributed by atoms with Gasteiger partial charge >= 0.3 is 6.18 Å². The molecule has 4 nitrogen and oxygen atoms in total. The second-order valence-electron chi connectivity index (χ2n) is 7.96. The SMILES string of the molecule is O=C1NC(O)NC(C2CC=C(c3ccc(Cl)cc3C(F)(F)F)CC2)=C1Cc1ccccc1. The second-order valence-corrected chi connectivity index (χ2v) is 8.40. The molecule has 0 spiro atoms. The summed E-state index contributed by atoms with van der Waals surface area (Å²) in [5.41, 5.74) is 2.13. The third-order valence-corrected chi connectivity index (χ3v) is 6.07. The molecule has 168 valence electrons. The highest BCUT2D eigenvalue weighted by atomic mass is 35.5. The van der Waals surface area contributed by atoms with Crippen molar-refractivity contribution < 1.29 is 23.1 Å². The van der Waals surface area contributed by atoms with Gasteiger partial charge in [-0.1, -0.05) is 54.1 Å². The van der Waals surface area contributed by atoms with Crippen molar-refractivity contribution in [1.82, 2.24) is 10.6 Å². The highest BCUT2D eigenvalue weighted by Gasteiger charge is 2.36. The first-order valence-corrected chi connectivity index (χ1v) is 10.7. The number of halogens is 4. The van der Waals surface area contributed by atoms with E-state index in [4.69, 9.17) is 11.6 Å². The Bertz CT molecular complexity index is 1080. The lowest BCUT2D eigenvalue weighted by Gasteiger charge is -2.33. The van der Waals surface area contributed by atoms with Crippen molar-refractivity contribution >= 4 is 23.1 Å². The molecule has 0 saturated carbocycles. The van der Waals surface area contributed by atoms with Crippen molar-refractivity contribution in [2.75, 3.05) is 0 Å². The van der Waals surface area contributed by atoms with Crippen LogP contribution in [0, 0.1) is 5.92 Å². The van der Waals surface area contributed by atoms with Gasteiger partial charge in [0.2, 0.25) is 6.35 Å². The lowest BCUT2D eigenvalue weighted by atomic mass is 9.81. The topological polar surface area (TPSA) is 61.4 Å². The molecule has 32 heavy (non-hydrogen) atoms. The molecule has 4 rings (SSSR count). The summed E-state index contributed by atoms with van der Waals surface area (Å²) in [6.45, 7) is 0. The maximum absolute atomic E-state index is 13.5.